The Balaban J connectivity index is 1.48. The Hall–Kier alpha value is -3.54. The van der Waals surface area contributed by atoms with Crippen molar-refractivity contribution in [2.24, 2.45) is 11.8 Å². The van der Waals surface area contributed by atoms with E-state index in [0.717, 1.165) is 11.1 Å². The highest BCUT2D eigenvalue weighted by molar-refractivity contribution is 6.22. The molecule has 2 aromatic rings. The van der Waals surface area contributed by atoms with Gasteiger partial charge in [-0.3, -0.25) is 19.3 Å². The SMILES string of the molecule is Cc1ccc(C)c(C(=O)COC(=O)c2cccc(N3C(=O)[C@@H]4CC=CC[C@H]4C3=O)c2)c1. The van der Waals surface area contributed by atoms with Crippen LogP contribution in [0.4, 0.5) is 5.69 Å². The smallest absolute Gasteiger partial charge is 0.338 e. The number of nitrogens with zero attached hydrogens (tertiary/aromatic N) is 1. The molecule has 1 aliphatic carbocycles. The zero-order chi connectivity index (χ0) is 22.1. The lowest BCUT2D eigenvalue weighted by Gasteiger charge is -2.15. The number of hydrogen-bond acceptors (Lipinski definition) is 5. The molecule has 0 radical (unpaired) electrons. The molecular weight excluding hydrogens is 394 g/mol. The fraction of sp³-hybridized carbons (Fsp3) is 0.280. The van der Waals surface area contributed by atoms with Crippen LogP contribution < -0.4 is 4.90 Å². The fourth-order valence-electron chi connectivity index (χ4n) is 4.16. The van der Waals surface area contributed by atoms with Crippen LogP contribution in [0.25, 0.3) is 0 Å². The number of benzene rings is 2. The average Bonchev–Trinajstić information content (AvgIpc) is 3.04. The summed E-state index contributed by atoms with van der Waals surface area (Å²) in [5.41, 5.74) is 2.81. The number of rotatable bonds is 5. The van der Waals surface area contributed by atoms with Gasteiger partial charge in [0.2, 0.25) is 17.6 Å². The van der Waals surface area contributed by atoms with E-state index in [1.54, 1.807) is 18.2 Å². The molecule has 2 aromatic carbocycles. The van der Waals surface area contributed by atoms with Crippen LogP contribution >= 0.6 is 0 Å². The van der Waals surface area contributed by atoms with Gasteiger partial charge in [0.25, 0.3) is 0 Å². The van der Waals surface area contributed by atoms with E-state index in [4.69, 9.17) is 4.74 Å². The molecule has 0 aromatic heterocycles. The van der Waals surface area contributed by atoms with Crippen LogP contribution in [0, 0.1) is 25.7 Å². The molecule has 2 aliphatic rings. The molecule has 2 amide bonds. The van der Waals surface area contributed by atoms with E-state index >= 15 is 0 Å². The Morgan fingerprint density at radius 3 is 2.32 bits per heavy atom. The Kier molecular flexibility index (Phi) is 5.55. The monoisotopic (exact) mass is 417 g/mol. The van der Waals surface area contributed by atoms with Gasteiger partial charge < -0.3 is 4.74 Å². The quantitative estimate of drug-likeness (QED) is 0.320. The number of esters is 1. The molecule has 6 nitrogen and oxygen atoms in total. The highest BCUT2D eigenvalue weighted by Crippen LogP contribution is 2.37. The van der Waals surface area contributed by atoms with Gasteiger partial charge in [-0.25, -0.2) is 4.79 Å². The predicted octanol–water partition coefficient (Wildman–Crippen LogP) is 3.80. The number of hydrogen-bond donors (Lipinski definition) is 0. The first-order valence-corrected chi connectivity index (χ1v) is 10.3. The van der Waals surface area contributed by atoms with Crippen molar-refractivity contribution in [3.63, 3.8) is 0 Å². The Bertz CT molecular complexity index is 1090. The maximum absolute atomic E-state index is 12.8. The van der Waals surface area contributed by atoms with Crippen LogP contribution in [0.5, 0.6) is 0 Å². The number of aryl methyl sites for hydroxylation is 2. The fourth-order valence-corrected chi connectivity index (χ4v) is 4.16. The van der Waals surface area contributed by atoms with Crippen molar-refractivity contribution >= 4 is 29.3 Å². The van der Waals surface area contributed by atoms with Gasteiger partial charge in [0, 0.05) is 5.56 Å². The lowest BCUT2D eigenvalue weighted by molar-refractivity contribution is -0.122. The summed E-state index contributed by atoms with van der Waals surface area (Å²) in [6.45, 7) is 3.33. The minimum atomic E-state index is -0.682. The number of carbonyl (C=O) groups excluding carboxylic acids is 4. The first-order chi connectivity index (χ1) is 14.9. The largest absolute Gasteiger partial charge is 0.454 e. The van der Waals surface area contributed by atoms with Crippen molar-refractivity contribution in [3.8, 4) is 0 Å². The van der Waals surface area contributed by atoms with E-state index in [1.807, 2.05) is 38.1 Å². The number of imide groups is 1. The normalized spacial score (nSPS) is 20.0. The van der Waals surface area contributed by atoms with Gasteiger partial charge in [-0.1, -0.05) is 35.9 Å². The van der Waals surface area contributed by atoms with Crippen LogP contribution in [0.1, 0.15) is 44.7 Å². The minimum absolute atomic E-state index is 0.180. The van der Waals surface area contributed by atoms with Crippen molar-refractivity contribution in [2.45, 2.75) is 26.7 Å². The third kappa shape index (κ3) is 3.93. The second-order valence-corrected chi connectivity index (χ2v) is 8.04. The van der Waals surface area contributed by atoms with Crippen LogP contribution in [0.15, 0.2) is 54.6 Å². The lowest BCUT2D eigenvalue weighted by Crippen LogP contribution is -2.31. The highest BCUT2D eigenvalue weighted by atomic mass is 16.5. The highest BCUT2D eigenvalue weighted by Gasteiger charge is 2.47. The first-order valence-electron chi connectivity index (χ1n) is 10.3. The van der Waals surface area contributed by atoms with Gasteiger partial charge >= 0.3 is 5.97 Å². The molecule has 0 spiro atoms. The van der Waals surface area contributed by atoms with E-state index in [-0.39, 0.29) is 41.6 Å². The van der Waals surface area contributed by atoms with Crippen molar-refractivity contribution in [2.75, 3.05) is 11.5 Å². The van der Waals surface area contributed by atoms with E-state index in [0.29, 0.717) is 24.1 Å². The predicted molar refractivity (Wildman–Crippen MR) is 115 cm³/mol. The molecule has 0 unspecified atom stereocenters. The number of fused-ring (bicyclic) bond motifs is 1. The van der Waals surface area contributed by atoms with E-state index in [1.165, 1.54) is 17.0 Å². The molecule has 0 bridgehead atoms. The Morgan fingerprint density at radius 2 is 1.65 bits per heavy atom. The zero-order valence-corrected chi connectivity index (χ0v) is 17.5. The minimum Gasteiger partial charge on any atom is -0.454 e. The van der Waals surface area contributed by atoms with Gasteiger partial charge in [0.15, 0.2) is 6.61 Å². The van der Waals surface area contributed by atoms with Gasteiger partial charge in [0.1, 0.15) is 0 Å². The summed E-state index contributed by atoms with van der Waals surface area (Å²) < 4.78 is 5.22. The van der Waals surface area contributed by atoms with Crippen molar-refractivity contribution in [1.29, 1.82) is 0 Å². The summed E-state index contributed by atoms with van der Waals surface area (Å²) in [6, 6.07) is 11.8. The van der Waals surface area contributed by atoms with Gasteiger partial charge in [0.05, 0.1) is 23.1 Å². The van der Waals surface area contributed by atoms with E-state index in [2.05, 4.69) is 0 Å². The summed E-state index contributed by atoms with van der Waals surface area (Å²) >= 11 is 0. The molecular formula is C25H23NO5. The van der Waals surface area contributed by atoms with Gasteiger partial charge in [-0.05, 0) is 56.5 Å². The molecule has 1 aliphatic heterocycles. The Labute approximate surface area is 180 Å². The van der Waals surface area contributed by atoms with E-state index in [9.17, 15) is 19.2 Å². The number of amides is 2. The van der Waals surface area contributed by atoms with Gasteiger partial charge in [-0.2, -0.15) is 0 Å². The maximum Gasteiger partial charge on any atom is 0.338 e. The summed E-state index contributed by atoms with van der Waals surface area (Å²) in [5.74, 6) is -2.14. The number of allylic oxidation sites excluding steroid dienone is 2. The number of ketones is 1. The van der Waals surface area contributed by atoms with E-state index < -0.39 is 5.97 Å². The summed E-state index contributed by atoms with van der Waals surface area (Å²) in [5, 5.41) is 0. The molecule has 0 N–H and O–H groups in total. The van der Waals surface area contributed by atoms with Gasteiger partial charge in [-0.15, -0.1) is 0 Å². The lowest BCUT2D eigenvalue weighted by atomic mass is 9.85. The third-order valence-corrected chi connectivity index (χ3v) is 5.88. The number of ether oxygens (including phenoxy) is 1. The Morgan fingerprint density at radius 1 is 0.968 bits per heavy atom. The molecule has 1 heterocycles. The second kappa shape index (κ2) is 8.30. The van der Waals surface area contributed by atoms with Crippen molar-refractivity contribution < 1.29 is 23.9 Å². The summed E-state index contributed by atoms with van der Waals surface area (Å²) in [4.78, 5) is 51.7. The molecule has 0 saturated carbocycles. The second-order valence-electron chi connectivity index (χ2n) is 8.04. The molecule has 2 atom stereocenters. The van der Waals surface area contributed by atoms with Crippen molar-refractivity contribution in [1.82, 2.24) is 0 Å². The first kappa shape index (κ1) is 20.7. The number of anilines is 1. The molecule has 4 rings (SSSR count). The molecule has 158 valence electrons. The molecule has 6 heteroatoms. The average molecular weight is 417 g/mol. The zero-order valence-electron chi connectivity index (χ0n) is 17.5. The number of Topliss-reactive ketones (excluding diaryl/α,β-unsaturated/α-hetero) is 1. The topological polar surface area (TPSA) is 80.8 Å². The standard InChI is InChI=1S/C25H23NO5/c1-15-10-11-16(2)21(12-15)22(27)14-31-25(30)17-6-5-7-18(13-17)26-23(28)19-8-3-4-9-20(19)24(26)29/h3-7,10-13,19-20H,8-9,14H2,1-2H3/t19-,20-/m1/s1. The maximum atomic E-state index is 12.8. The van der Waals surface area contributed by atoms with Crippen LogP contribution in [0.3, 0.4) is 0 Å². The summed E-state index contributed by atoms with van der Waals surface area (Å²) in [6.07, 6.45) is 4.95. The molecule has 1 saturated heterocycles. The molecule has 31 heavy (non-hydrogen) atoms. The third-order valence-electron chi connectivity index (χ3n) is 5.88. The van der Waals surface area contributed by atoms with Crippen LogP contribution in [0.2, 0.25) is 0 Å². The molecule has 1 fully saturated rings. The summed E-state index contributed by atoms with van der Waals surface area (Å²) in [7, 11) is 0. The van der Waals surface area contributed by atoms with Crippen LogP contribution in [-0.2, 0) is 14.3 Å². The van der Waals surface area contributed by atoms with Crippen molar-refractivity contribution in [3.05, 3.63) is 76.9 Å². The number of carbonyl (C=O) groups is 4. The van der Waals surface area contributed by atoms with Crippen LogP contribution in [-0.4, -0.2) is 30.2 Å².